The number of rotatable bonds is 5. The molecule has 18 heavy (non-hydrogen) atoms. The zero-order chi connectivity index (χ0) is 13.2. The van der Waals surface area contributed by atoms with E-state index in [1.807, 2.05) is 25.2 Å². The highest BCUT2D eigenvalue weighted by Crippen LogP contribution is 2.16. The summed E-state index contributed by atoms with van der Waals surface area (Å²) in [5.41, 5.74) is 2.97. The van der Waals surface area contributed by atoms with Gasteiger partial charge in [0.25, 0.3) is 0 Å². The summed E-state index contributed by atoms with van der Waals surface area (Å²) in [6, 6.07) is 13.1. The highest BCUT2D eigenvalue weighted by Gasteiger charge is 1.97. The van der Waals surface area contributed by atoms with Gasteiger partial charge in [0.15, 0.2) is 0 Å². The predicted octanol–water partition coefficient (Wildman–Crippen LogP) is 5.65. The number of unbranched alkanes of at least 4 members (excludes halogenated alkanes) is 1. The van der Waals surface area contributed by atoms with Gasteiger partial charge in [-0.25, -0.2) is 0 Å². The second-order valence-corrected chi connectivity index (χ2v) is 5.37. The van der Waals surface area contributed by atoms with Crippen LogP contribution in [0.4, 0.5) is 0 Å². The lowest BCUT2D eigenvalue weighted by atomic mass is 10.1. The quantitative estimate of drug-likeness (QED) is 0.609. The normalized spacial score (nSPS) is 9.72. The molecule has 1 aromatic carbocycles. The van der Waals surface area contributed by atoms with Crippen LogP contribution in [0.3, 0.4) is 0 Å². The van der Waals surface area contributed by atoms with Crippen LogP contribution in [-0.2, 0) is 12.8 Å². The van der Waals surface area contributed by atoms with Gasteiger partial charge in [0, 0.05) is 4.88 Å². The van der Waals surface area contributed by atoms with Crippen LogP contribution < -0.4 is 0 Å². The van der Waals surface area contributed by atoms with E-state index in [4.69, 9.17) is 0 Å². The minimum Gasteiger partial charge on any atom is -0.149 e. The Kier molecular flexibility index (Phi) is 7.43. The van der Waals surface area contributed by atoms with Crippen molar-refractivity contribution in [1.82, 2.24) is 0 Å². The Morgan fingerprint density at radius 3 is 2.06 bits per heavy atom. The molecular formula is C17H24S. The van der Waals surface area contributed by atoms with Gasteiger partial charge in [0.1, 0.15) is 0 Å². The van der Waals surface area contributed by atoms with Gasteiger partial charge < -0.3 is 0 Å². The molecule has 0 aliphatic heterocycles. The summed E-state index contributed by atoms with van der Waals surface area (Å²) >= 11 is 1.86. The third-order valence-electron chi connectivity index (χ3n) is 2.81. The Labute approximate surface area is 116 Å². The molecule has 0 aliphatic rings. The smallest absolute Gasteiger partial charge is 0.00170 e. The second-order valence-electron chi connectivity index (χ2n) is 4.26. The summed E-state index contributed by atoms with van der Waals surface area (Å²) in [5, 5.41) is 2.29. The predicted molar refractivity (Wildman–Crippen MR) is 83.5 cm³/mol. The maximum Gasteiger partial charge on any atom is 0.00170 e. The monoisotopic (exact) mass is 260 g/mol. The molecule has 2 rings (SSSR count). The molecule has 0 nitrogen and oxygen atoms in total. The molecule has 1 heteroatoms. The van der Waals surface area contributed by atoms with Crippen molar-refractivity contribution in [1.29, 1.82) is 0 Å². The molecule has 98 valence electrons. The van der Waals surface area contributed by atoms with Crippen LogP contribution in [0.15, 0.2) is 41.8 Å². The molecular weight excluding hydrogens is 236 g/mol. The number of thiophene rings is 1. The van der Waals surface area contributed by atoms with Crippen molar-refractivity contribution in [3.05, 3.63) is 57.8 Å². The van der Waals surface area contributed by atoms with Crippen LogP contribution in [0.25, 0.3) is 0 Å². The summed E-state index contributed by atoms with van der Waals surface area (Å²) in [6.07, 6.45) is 5.03. The first-order valence-electron chi connectivity index (χ1n) is 6.92. The number of hydrogen-bond acceptors (Lipinski definition) is 1. The third kappa shape index (κ3) is 5.50. The molecule has 0 spiro atoms. The van der Waals surface area contributed by atoms with Gasteiger partial charge in [-0.1, -0.05) is 44.2 Å². The summed E-state index contributed by atoms with van der Waals surface area (Å²) in [5.74, 6) is 0. The van der Waals surface area contributed by atoms with E-state index in [0.717, 1.165) is 0 Å². The fourth-order valence-corrected chi connectivity index (χ4v) is 2.67. The standard InChI is InChI=1S/C15H18S.C2H6/c1-13-11-15(12-16-13)10-6-5-9-14-7-3-2-4-8-14;1-2/h2-4,7-8,11-12H,5-6,9-10H2,1H3;1-2H3. The maximum atomic E-state index is 2.31. The maximum absolute atomic E-state index is 2.31. The van der Waals surface area contributed by atoms with Gasteiger partial charge in [-0.05, 0) is 55.2 Å². The van der Waals surface area contributed by atoms with Crippen molar-refractivity contribution in [2.24, 2.45) is 0 Å². The summed E-state index contributed by atoms with van der Waals surface area (Å²) in [6.45, 7) is 6.18. The minimum atomic E-state index is 1.21. The van der Waals surface area contributed by atoms with Crippen molar-refractivity contribution in [3.8, 4) is 0 Å². The molecule has 1 aromatic heterocycles. The van der Waals surface area contributed by atoms with E-state index in [9.17, 15) is 0 Å². The average molecular weight is 260 g/mol. The number of hydrogen-bond donors (Lipinski definition) is 0. The van der Waals surface area contributed by atoms with E-state index in [-0.39, 0.29) is 0 Å². The van der Waals surface area contributed by atoms with Gasteiger partial charge in [-0.3, -0.25) is 0 Å². The first kappa shape index (κ1) is 15.0. The molecule has 0 bridgehead atoms. The zero-order valence-electron chi connectivity index (χ0n) is 11.8. The molecule has 2 aromatic rings. The van der Waals surface area contributed by atoms with Gasteiger partial charge in [0.2, 0.25) is 0 Å². The molecule has 0 N–H and O–H groups in total. The average Bonchev–Trinajstić information content (AvgIpc) is 2.84. The fourth-order valence-electron chi connectivity index (χ4n) is 1.93. The lowest BCUT2D eigenvalue weighted by Crippen LogP contribution is -1.87. The molecule has 0 aliphatic carbocycles. The molecule has 0 unspecified atom stereocenters. The molecule has 0 fully saturated rings. The van der Waals surface area contributed by atoms with E-state index >= 15 is 0 Å². The molecule has 1 heterocycles. The Morgan fingerprint density at radius 2 is 1.50 bits per heavy atom. The fraction of sp³-hybridized carbons (Fsp3) is 0.412. The number of aryl methyl sites for hydroxylation is 3. The van der Waals surface area contributed by atoms with Crippen LogP contribution in [0.2, 0.25) is 0 Å². The third-order valence-corrected chi connectivity index (χ3v) is 3.72. The van der Waals surface area contributed by atoms with Gasteiger partial charge in [0.05, 0.1) is 0 Å². The Bertz CT molecular complexity index is 414. The molecule has 0 amide bonds. The van der Waals surface area contributed by atoms with Crippen LogP contribution in [0, 0.1) is 6.92 Å². The van der Waals surface area contributed by atoms with E-state index in [1.165, 1.54) is 41.7 Å². The first-order valence-corrected chi connectivity index (χ1v) is 7.80. The summed E-state index contributed by atoms with van der Waals surface area (Å²) in [7, 11) is 0. The molecule has 0 saturated carbocycles. The van der Waals surface area contributed by atoms with Crippen LogP contribution in [-0.4, -0.2) is 0 Å². The van der Waals surface area contributed by atoms with Crippen LogP contribution >= 0.6 is 11.3 Å². The molecule has 0 atom stereocenters. The van der Waals surface area contributed by atoms with Crippen LogP contribution in [0.1, 0.15) is 42.7 Å². The highest BCUT2D eigenvalue weighted by molar-refractivity contribution is 7.10. The van der Waals surface area contributed by atoms with Crippen molar-refractivity contribution in [3.63, 3.8) is 0 Å². The summed E-state index contributed by atoms with van der Waals surface area (Å²) < 4.78 is 0. The summed E-state index contributed by atoms with van der Waals surface area (Å²) in [4.78, 5) is 1.43. The van der Waals surface area contributed by atoms with Crippen LogP contribution in [0.5, 0.6) is 0 Å². The molecule has 0 radical (unpaired) electrons. The lowest BCUT2D eigenvalue weighted by molar-refractivity contribution is 0.735. The van der Waals surface area contributed by atoms with Gasteiger partial charge in [-0.2, -0.15) is 0 Å². The Balaban J connectivity index is 0.000000771. The number of benzene rings is 1. The zero-order valence-corrected chi connectivity index (χ0v) is 12.6. The molecule has 0 saturated heterocycles. The highest BCUT2D eigenvalue weighted by atomic mass is 32.1. The Hall–Kier alpha value is -1.08. The van der Waals surface area contributed by atoms with Gasteiger partial charge >= 0.3 is 0 Å². The Morgan fingerprint density at radius 1 is 0.889 bits per heavy atom. The van der Waals surface area contributed by atoms with E-state index in [0.29, 0.717) is 0 Å². The topological polar surface area (TPSA) is 0 Å². The van der Waals surface area contributed by atoms with E-state index < -0.39 is 0 Å². The van der Waals surface area contributed by atoms with E-state index in [1.54, 1.807) is 0 Å². The van der Waals surface area contributed by atoms with Crippen molar-refractivity contribution in [2.75, 3.05) is 0 Å². The van der Waals surface area contributed by atoms with Crippen molar-refractivity contribution in [2.45, 2.75) is 46.5 Å². The largest absolute Gasteiger partial charge is 0.149 e. The van der Waals surface area contributed by atoms with Crippen molar-refractivity contribution < 1.29 is 0 Å². The first-order chi connectivity index (χ1) is 8.84. The van der Waals surface area contributed by atoms with Crippen molar-refractivity contribution >= 4 is 11.3 Å². The van der Waals surface area contributed by atoms with Gasteiger partial charge in [-0.15, -0.1) is 11.3 Å². The SMILES string of the molecule is CC.Cc1cc(CCCCc2ccccc2)cs1. The minimum absolute atomic E-state index is 1.21. The second kappa shape index (κ2) is 8.93. The van der Waals surface area contributed by atoms with E-state index in [2.05, 4.69) is 48.7 Å². The lowest BCUT2D eigenvalue weighted by Gasteiger charge is -2.00.